The zero-order valence-electron chi connectivity index (χ0n) is 78.3. The lowest BCUT2D eigenvalue weighted by Crippen LogP contribution is -2.01. The third-order valence-corrected chi connectivity index (χ3v) is 23.7. The third-order valence-electron chi connectivity index (χ3n) is 21.9. The van der Waals surface area contributed by atoms with Gasteiger partial charge < -0.3 is 0 Å². The quantitative estimate of drug-likeness (QED) is 0.0679. The van der Waals surface area contributed by atoms with Crippen LogP contribution >= 0.6 is 23.5 Å². The van der Waals surface area contributed by atoms with E-state index in [-0.39, 0.29) is 11.4 Å². The van der Waals surface area contributed by atoms with Crippen molar-refractivity contribution in [1.82, 2.24) is 117 Å². The van der Waals surface area contributed by atoms with E-state index in [9.17, 15) is 26.3 Å². The fraction of sp³-hybridized carbons (Fsp3) is 0.130. The molecule has 0 saturated carbocycles. The molecule has 0 atom stereocenters. The Balaban J connectivity index is 0.000000122. The largest absolute Gasteiger partial charge is 0.281 e. The van der Waals surface area contributed by atoms with Gasteiger partial charge in [0.25, 0.3) is 0 Å². The van der Waals surface area contributed by atoms with Gasteiger partial charge in [0, 0.05) is 62.3 Å². The molecule has 0 aliphatic heterocycles. The van der Waals surface area contributed by atoms with E-state index in [1.54, 1.807) is 44.3 Å². The Morgan fingerprint density at radius 3 is 0.693 bits per heavy atom. The first-order chi connectivity index (χ1) is 68.0. The zero-order chi connectivity index (χ0) is 98.4. The van der Waals surface area contributed by atoms with E-state index in [1.807, 2.05) is 345 Å². The van der Waals surface area contributed by atoms with E-state index in [4.69, 9.17) is 20.2 Å². The average Bonchev–Trinajstić information content (AvgIpc) is 1.61. The summed E-state index contributed by atoms with van der Waals surface area (Å²) < 4.78 is 11.7. The number of fused-ring (bicyclic) bond motifs is 6. The van der Waals surface area contributed by atoms with Crippen LogP contribution in [-0.2, 0) is 0 Å². The monoisotopic (exact) mass is 1870 g/mol. The minimum atomic E-state index is 0.272. The molecule has 0 amide bonds. The molecule has 0 aliphatic rings. The summed E-state index contributed by atoms with van der Waals surface area (Å²) in [6.45, 7) is 30.7. The van der Waals surface area contributed by atoms with Crippen molar-refractivity contribution in [3.05, 3.63) is 371 Å². The second kappa shape index (κ2) is 42.3. The van der Waals surface area contributed by atoms with Crippen molar-refractivity contribution in [2.24, 2.45) is 0 Å². The Labute approximate surface area is 814 Å². The van der Waals surface area contributed by atoms with Gasteiger partial charge in [-0.3, -0.25) is 27.4 Å². The van der Waals surface area contributed by atoms with Gasteiger partial charge in [0.2, 0.25) is 0 Å². The average molecular weight is 1870 g/mol. The lowest BCUT2D eigenvalue weighted by Gasteiger charge is -2.08. The minimum Gasteiger partial charge on any atom is -0.281 e. The van der Waals surface area contributed by atoms with Crippen LogP contribution in [0.5, 0.6) is 0 Å². The fourth-order valence-corrected chi connectivity index (χ4v) is 16.8. The van der Waals surface area contributed by atoms with Crippen LogP contribution in [0.1, 0.15) is 103 Å². The van der Waals surface area contributed by atoms with Crippen LogP contribution in [0.15, 0.2) is 278 Å². The molecule has 12 aromatic heterocycles. The highest BCUT2D eigenvalue weighted by atomic mass is 32.2. The van der Waals surface area contributed by atoms with Crippen LogP contribution in [-0.4, -0.2) is 129 Å². The first kappa shape index (κ1) is 94.6. The lowest BCUT2D eigenvalue weighted by molar-refractivity contribution is 0.910. The van der Waals surface area contributed by atoms with Gasteiger partial charge in [-0.2, -0.15) is 31.6 Å². The van der Waals surface area contributed by atoms with Crippen LogP contribution in [0.3, 0.4) is 0 Å². The van der Waals surface area contributed by atoms with E-state index in [2.05, 4.69) is 124 Å². The summed E-state index contributed by atoms with van der Waals surface area (Å²) in [5.41, 5.74) is 23.2. The molecule has 0 N–H and O–H groups in total. The normalized spacial score (nSPS) is 10.7. The summed E-state index contributed by atoms with van der Waals surface area (Å²) in [4.78, 5) is 80.5. The molecular formula is C108H86N30S2. The number of thioether (sulfide) groups is 2. The molecular weight excluding hydrogens is 1780 g/mol. The number of nitrogens with zero attached hydrogens (tertiary/aromatic N) is 30. The van der Waals surface area contributed by atoms with E-state index < -0.39 is 0 Å². The van der Waals surface area contributed by atoms with Gasteiger partial charge in [-0.15, -0.1) is 13.2 Å². The molecule has 0 saturated heterocycles. The Morgan fingerprint density at radius 2 is 0.436 bits per heavy atom. The molecule has 21 aromatic rings. The molecule has 0 radical (unpaired) electrons. The maximum Gasteiger partial charge on any atom is 0.175 e. The van der Waals surface area contributed by atoms with Crippen LogP contribution in [0.4, 0.5) is 0 Å². The predicted octanol–water partition coefficient (Wildman–Crippen LogP) is 21.4. The van der Waals surface area contributed by atoms with Crippen LogP contribution in [0, 0.1) is 151 Å². The Hall–Kier alpha value is -18.6. The molecule has 680 valence electrons. The predicted molar refractivity (Wildman–Crippen MR) is 543 cm³/mol. The van der Waals surface area contributed by atoms with Gasteiger partial charge in [-0.1, -0.05) is 233 Å². The second-order valence-corrected chi connectivity index (χ2v) is 34.0. The standard InChI is InChI=1S/C22H17N5S.C21H15N5S.C21H17N5.2C15H13N5.C14H11N5/c1-3-13-28-22-25-19-18(14-23)24-20(16-11-9-15(2)10-12-16)26-21(19)27(22)17-7-5-4-6-8-17;1-2-13-27-21-24-18-17(14-22)23-19(15-9-5-3-6-10-15)25-20(18)26(21)16-11-7-4-8-12-16;1-13-4-8-16(9-5-13)20-24-18(12-22)19-21(25-20)26(15(3)23-19)17-10-6-14(2)7-11-17;2*1-9-4-6-12(7-5-9)20-11(3)19-14-13(8-16)17-10(2)18-15(14)20;1-9-16-12(8-15)13-14(17-9)19(10(2)18-13)11-6-4-3-5-7-11/h3-12H,1,13H2,2H3;2-12H,1,13H2;4-11H,1-3H3;2*4-7H,1-3H3;3-7H,1-2H3. The lowest BCUT2D eigenvalue weighted by atomic mass is 10.1. The summed E-state index contributed by atoms with van der Waals surface area (Å²) in [5, 5.41) is 57.9. The van der Waals surface area contributed by atoms with Gasteiger partial charge in [-0.05, 0) is 156 Å². The van der Waals surface area contributed by atoms with E-state index in [0.717, 1.165) is 95.6 Å². The Bertz CT molecular complexity index is 8380. The third kappa shape index (κ3) is 20.3. The Morgan fingerprint density at radius 1 is 0.229 bits per heavy atom. The molecule has 0 bridgehead atoms. The summed E-state index contributed by atoms with van der Waals surface area (Å²) in [7, 11) is 0. The van der Waals surface area contributed by atoms with Crippen LogP contribution < -0.4 is 0 Å². The highest BCUT2D eigenvalue weighted by molar-refractivity contribution is 7.99. The Kier molecular flexibility index (Phi) is 28.6. The highest BCUT2D eigenvalue weighted by Crippen LogP contribution is 2.35. The maximum atomic E-state index is 9.69. The molecule has 140 heavy (non-hydrogen) atoms. The molecule has 0 aliphatic carbocycles. The first-order valence-corrected chi connectivity index (χ1v) is 46.0. The summed E-state index contributed by atoms with van der Waals surface area (Å²) in [6.07, 6.45) is 3.65. The molecule has 30 nitrogen and oxygen atoms in total. The SMILES string of the molecule is C=CCSc1nc2c(C#N)nc(-c3ccc(C)cc3)nc2n1-c1ccccc1.C=CCSc1nc2c(C#N)nc(-c3ccccc3)nc2n1-c1ccccc1.Cc1ccc(-c2nc(C#N)c3nc(C)n(-c4ccc(C)cc4)c3n2)cc1.Cc1ccc(-n2c(C)nc3c(C#N)nc(C)nc32)cc1.Cc1ccc(-n2c(C)nc3c(C#N)nc(C)nc32)cc1.Cc1nc(C#N)c2nc(C)n(-c3ccccc3)c2n1. The van der Waals surface area contributed by atoms with Gasteiger partial charge in [0.05, 0.1) is 0 Å². The van der Waals surface area contributed by atoms with Gasteiger partial charge in [-0.25, -0.2) is 89.7 Å². The van der Waals surface area contributed by atoms with E-state index in [0.29, 0.717) is 136 Å². The summed E-state index contributed by atoms with van der Waals surface area (Å²) in [6, 6.07) is 92.4. The number of hydrogen-bond acceptors (Lipinski definition) is 26. The molecule has 21 rings (SSSR count). The molecule has 12 heterocycles. The topological polar surface area (TPSA) is 404 Å². The highest BCUT2D eigenvalue weighted by Gasteiger charge is 2.26. The number of para-hydroxylation sites is 3. The van der Waals surface area contributed by atoms with Crippen molar-refractivity contribution in [2.75, 3.05) is 11.5 Å². The number of rotatable bonds is 15. The molecule has 9 aromatic carbocycles. The molecule has 0 unspecified atom stereocenters. The first-order valence-electron chi connectivity index (χ1n) is 44.0. The minimum absolute atomic E-state index is 0.272. The van der Waals surface area contributed by atoms with E-state index >= 15 is 0 Å². The number of hydrogen-bond donors (Lipinski definition) is 0. The smallest absolute Gasteiger partial charge is 0.175 e. The van der Waals surface area contributed by atoms with Crippen molar-refractivity contribution in [1.29, 1.82) is 31.6 Å². The van der Waals surface area contributed by atoms with Crippen molar-refractivity contribution in [3.8, 4) is 105 Å². The van der Waals surface area contributed by atoms with Gasteiger partial charge in [0.1, 0.15) is 110 Å². The molecule has 0 spiro atoms. The summed E-state index contributed by atoms with van der Waals surface area (Å²) >= 11 is 3.09. The fourth-order valence-electron chi connectivity index (χ4n) is 15.3. The molecule has 32 heteroatoms. The van der Waals surface area contributed by atoms with Gasteiger partial charge >= 0.3 is 0 Å². The van der Waals surface area contributed by atoms with Crippen LogP contribution in [0.25, 0.3) is 135 Å². The van der Waals surface area contributed by atoms with Crippen molar-refractivity contribution >= 4 is 90.5 Å². The van der Waals surface area contributed by atoms with Crippen molar-refractivity contribution in [2.45, 2.75) is 93.4 Å². The van der Waals surface area contributed by atoms with Crippen molar-refractivity contribution in [3.63, 3.8) is 0 Å². The van der Waals surface area contributed by atoms with Crippen LogP contribution in [0.2, 0.25) is 0 Å². The van der Waals surface area contributed by atoms with Gasteiger partial charge in [0.15, 0.2) is 95.8 Å². The number of nitriles is 6. The zero-order valence-corrected chi connectivity index (χ0v) is 79.9. The number of imidazole rings is 6. The summed E-state index contributed by atoms with van der Waals surface area (Å²) in [5.74, 6) is 7.83. The number of aromatic nitrogens is 24. The second-order valence-electron chi connectivity index (χ2n) is 32.0. The number of aryl methyl sites for hydroxylation is 12. The maximum absolute atomic E-state index is 9.69. The molecule has 0 fully saturated rings. The van der Waals surface area contributed by atoms with E-state index in [1.165, 1.54) is 16.7 Å². The number of benzene rings is 9. The van der Waals surface area contributed by atoms with Crippen molar-refractivity contribution < 1.29 is 0 Å².